The first-order chi connectivity index (χ1) is 18.9. The standard InChI is InChI=1S/C31H41F3N4OS.CH4/c1-30(2,3)24-4-8-27(9-5-24)38-20-22-18-36(19-23(22)21-38)15-14-29(39)37-16-12-26(13-17-37)35-25-6-10-28(11-7-25)40-31(32,33)34;/h4-11,22-23,26,35H,12-21H2,1-3H3;1H4. The summed E-state index contributed by atoms with van der Waals surface area (Å²) in [5, 5.41) is 3.41. The van der Waals surface area contributed by atoms with Crippen molar-refractivity contribution in [1.29, 1.82) is 0 Å². The minimum Gasteiger partial charge on any atom is -0.382 e. The van der Waals surface area contributed by atoms with Crippen LogP contribution >= 0.6 is 11.8 Å². The summed E-state index contributed by atoms with van der Waals surface area (Å²) >= 11 is -0.100. The summed E-state index contributed by atoms with van der Waals surface area (Å²) in [5.74, 6) is 1.56. The van der Waals surface area contributed by atoms with Gasteiger partial charge in [0.25, 0.3) is 0 Å². The first-order valence-corrected chi connectivity index (χ1v) is 15.2. The monoisotopic (exact) mass is 590 g/mol. The van der Waals surface area contributed by atoms with Crippen molar-refractivity contribution in [2.24, 2.45) is 11.8 Å². The van der Waals surface area contributed by atoms with E-state index >= 15 is 0 Å². The molecule has 0 radical (unpaired) electrons. The number of piperidine rings is 1. The molecule has 5 nitrogen and oxygen atoms in total. The van der Waals surface area contributed by atoms with E-state index in [1.165, 1.54) is 23.4 Å². The number of carbonyl (C=O) groups is 1. The maximum Gasteiger partial charge on any atom is 0.446 e. The zero-order valence-corrected chi connectivity index (χ0v) is 24.5. The van der Waals surface area contributed by atoms with Gasteiger partial charge in [0.2, 0.25) is 5.91 Å². The number of halogens is 3. The third-order valence-electron chi connectivity index (χ3n) is 8.61. The number of nitrogens with one attached hydrogen (secondary N) is 1. The number of benzene rings is 2. The molecule has 9 heteroatoms. The van der Waals surface area contributed by atoms with Crippen LogP contribution < -0.4 is 10.2 Å². The average molecular weight is 591 g/mol. The van der Waals surface area contributed by atoms with Gasteiger partial charge in [-0.1, -0.05) is 40.3 Å². The Labute approximate surface area is 247 Å². The number of alkyl halides is 3. The Morgan fingerprint density at radius 2 is 1.49 bits per heavy atom. The van der Waals surface area contributed by atoms with Gasteiger partial charge in [-0.2, -0.15) is 13.2 Å². The van der Waals surface area contributed by atoms with Gasteiger partial charge in [-0.3, -0.25) is 4.79 Å². The van der Waals surface area contributed by atoms with E-state index in [1.807, 2.05) is 4.90 Å². The highest BCUT2D eigenvalue weighted by molar-refractivity contribution is 8.00. The summed E-state index contributed by atoms with van der Waals surface area (Å²) in [6.45, 7) is 13.3. The summed E-state index contributed by atoms with van der Waals surface area (Å²) in [5.41, 5.74) is -0.607. The number of hydrogen-bond acceptors (Lipinski definition) is 5. The summed E-state index contributed by atoms with van der Waals surface area (Å²) in [6, 6.07) is 15.7. The van der Waals surface area contributed by atoms with Gasteiger partial charge in [-0.25, -0.2) is 0 Å². The van der Waals surface area contributed by atoms with Crippen LogP contribution in [0.5, 0.6) is 0 Å². The Kier molecular flexibility index (Phi) is 9.89. The molecule has 3 aliphatic heterocycles. The van der Waals surface area contributed by atoms with Gasteiger partial charge in [0, 0.05) is 74.5 Å². The summed E-state index contributed by atoms with van der Waals surface area (Å²) in [4.78, 5) is 20.1. The summed E-state index contributed by atoms with van der Waals surface area (Å²) < 4.78 is 37.6. The number of hydrogen-bond donors (Lipinski definition) is 1. The summed E-state index contributed by atoms with van der Waals surface area (Å²) in [7, 11) is 0. The van der Waals surface area contributed by atoms with Crippen molar-refractivity contribution in [2.75, 3.05) is 56.0 Å². The van der Waals surface area contributed by atoms with Crippen molar-refractivity contribution >= 4 is 29.0 Å². The molecule has 0 aliphatic carbocycles. The van der Waals surface area contributed by atoms with E-state index in [2.05, 4.69) is 60.2 Å². The SMILES string of the molecule is C.CC(C)(C)c1ccc(N2CC3CN(CCC(=O)N4CCC(Nc5ccc(SC(F)(F)F)cc5)CC4)CC3C2)cc1. The molecule has 41 heavy (non-hydrogen) atoms. The van der Waals surface area contributed by atoms with Crippen molar-refractivity contribution in [3.63, 3.8) is 0 Å². The highest BCUT2D eigenvalue weighted by atomic mass is 32.2. The number of rotatable bonds is 7. The molecule has 3 saturated heterocycles. The highest BCUT2D eigenvalue weighted by Gasteiger charge is 2.40. The third-order valence-corrected chi connectivity index (χ3v) is 9.35. The van der Waals surface area contributed by atoms with E-state index in [-0.39, 0.29) is 41.4 Å². The minimum atomic E-state index is -4.28. The molecule has 0 saturated carbocycles. The van der Waals surface area contributed by atoms with Crippen LogP contribution in [0.4, 0.5) is 24.5 Å². The molecule has 0 spiro atoms. The van der Waals surface area contributed by atoms with Crippen molar-refractivity contribution < 1.29 is 18.0 Å². The second-order valence-electron chi connectivity index (χ2n) is 12.6. The zero-order valence-electron chi connectivity index (χ0n) is 23.7. The predicted octanol–water partition coefficient (Wildman–Crippen LogP) is 7.09. The highest BCUT2D eigenvalue weighted by Crippen LogP contribution is 2.37. The van der Waals surface area contributed by atoms with E-state index in [0.29, 0.717) is 31.3 Å². The Bertz CT molecular complexity index is 1130. The number of nitrogens with zero attached hydrogens (tertiary/aromatic N) is 3. The second kappa shape index (κ2) is 12.9. The van der Waals surface area contributed by atoms with Crippen LogP contribution in [-0.4, -0.2) is 73.1 Å². The van der Waals surface area contributed by atoms with Crippen LogP contribution in [-0.2, 0) is 10.2 Å². The molecule has 2 aromatic carbocycles. The Morgan fingerprint density at radius 1 is 0.902 bits per heavy atom. The van der Waals surface area contributed by atoms with Crippen molar-refractivity contribution in [3.05, 3.63) is 54.1 Å². The quantitative estimate of drug-likeness (QED) is 0.349. The first-order valence-electron chi connectivity index (χ1n) is 14.4. The molecular weight excluding hydrogens is 545 g/mol. The van der Waals surface area contributed by atoms with E-state index in [1.54, 1.807) is 12.1 Å². The van der Waals surface area contributed by atoms with Gasteiger partial charge in [0.15, 0.2) is 0 Å². The van der Waals surface area contributed by atoms with E-state index in [9.17, 15) is 18.0 Å². The maximum absolute atomic E-state index is 12.9. The second-order valence-corrected chi connectivity index (χ2v) is 13.7. The number of likely N-dealkylation sites (tertiary alicyclic amines) is 2. The fraction of sp³-hybridized carbons (Fsp3) is 0.594. The average Bonchev–Trinajstić information content (AvgIpc) is 3.47. The van der Waals surface area contributed by atoms with Crippen molar-refractivity contribution in [3.8, 4) is 0 Å². The molecule has 0 aromatic heterocycles. The van der Waals surface area contributed by atoms with Gasteiger partial charge in [0.1, 0.15) is 0 Å². The van der Waals surface area contributed by atoms with Crippen LogP contribution in [0.3, 0.4) is 0 Å². The van der Waals surface area contributed by atoms with E-state index in [4.69, 9.17) is 0 Å². The van der Waals surface area contributed by atoms with Crippen LogP contribution in [0.15, 0.2) is 53.4 Å². The van der Waals surface area contributed by atoms with Crippen LogP contribution in [0.25, 0.3) is 0 Å². The molecule has 226 valence electrons. The zero-order chi connectivity index (χ0) is 28.5. The summed E-state index contributed by atoms with van der Waals surface area (Å²) in [6.07, 6.45) is 2.24. The Morgan fingerprint density at radius 3 is 2.02 bits per heavy atom. The lowest BCUT2D eigenvalue weighted by Crippen LogP contribution is -2.43. The molecule has 0 bridgehead atoms. The van der Waals surface area contributed by atoms with Crippen molar-refractivity contribution in [2.45, 2.75) is 69.3 Å². The minimum absolute atomic E-state index is 0. The van der Waals surface area contributed by atoms with Gasteiger partial charge in [-0.05, 0) is 83.8 Å². The Hall–Kier alpha value is -2.39. The molecule has 2 aromatic rings. The van der Waals surface area contributed by atoms with E-state index < -0.39 is 5.51 Å². The number of anilines is 2. The number of thioether (sulfide) groups is 1. The first kappa shape index (κ1) is 31.5. The molecule has 2 atom stereocenters. The molecule has 5 rings (SSSR count). The topological polar surface area (TPSA) is 38.8 Å². The molecule has 2 unspecified atom stereocenters. The van der Waals surface area contributed by atoms with E-state index in [0.717, 1.165) is 51.3 Å². The van der Waals surface area contributed by atoms with Gasteiger partial charge >= 0.3 is 5.51 Å². The smallest absolute Gasteiger partial charge is 0.382 e. The number of amides is 1. The molecular formula is C32H45F3N4OS. The van der Waals surface area contributed by atoms with Gasteiger partial charge in [0.05, 0.1) is 0 Å². The number of fused-ring (bicyclic) bond motifs is 1. The molecule has 3 heterocycles. The largest absolute Gasteiger partial charge is 0.446 e. The molecule has 3 aliphatic rings. The van der Waals surface area contributed by atoms with Crippen molar-refractivity contribution in [1.82, 2.24) is 9.80 Å². The Balaban J connectivity index is 0.00000387. The lowest BCUT2D eigenvalue weighted by Gasteiger charge is -2.33. The predicted molar refractivity (Wildman–Crippen MR) is 164 cm³/mol. The molecule has 1 amide bonds. The van der Waals surface area contributed by atoms with Gasteiger partial charge < -0.3 is 20.0 Å². The van der Waals surface area contributed by atoms with Crippen LogP contribution in [0, 0.1) is 11.8 Å². The maximum atomic E-state index is 12.9. The molecule has 3 fully saturated rings. The number of carbonyl (C=O) groups excluding carboxylic acids is 1. The fourth-order valence-electron chi connectivity index (χ4n) is 6.33. The molecule has 1 N–H and O–H groups in total. The van der Waals surface area contributed by atoms with Crippen LogP contribution in [0.2, 0.25) is 0 Å². The van der Waals surface area contributed by atoms with Crippen LogP contribution in [0.1, 0.15) is 53.0 Å². The third kappa shape index (κ3) is 8.34. The fourth-order valence-corrected chi connectivity index (χ4v) is 6.87. The van der Waals surface area contributed by atoms with Gasteiger partial charge in [-0.15, -0.1) is 0 Å². The normalized spacial score (nSPS) is 22.0. The lowest BCUT2D eigenvalue weighted by molar-refractivity contribution is -0.132. The lowest BCUT2D eigenvalue weighted by atomic mass is 9.87.